The van der Waals surface area contributed by atoms with Crippen molar-refractivity contribution in [3.8, 4) is 0 Å². The minimum atomic E-state index is -4.15. The van der Waals surface area contributed by atoms with E-state index in [-0.39, 0.29) is 29.5 Å². The third-order valence-electron chi connectivity index (χ3n) is 4.69. The highest BCUT2D eigenvalue weighted by molar-refractivity contribution is 7.89. The molecule has 3 rings (SSSR count). The number of amides is 2. The van der Waals surface area contributed by atoms with E-state index in [9.17, 15) is 18.0 Å². The first-order valence-electron chi connectivity index (χ1n) is 11.2. The molecule has 0 unspecified atom stereocenters. The Morgan fingerprint density at radius 2 is 1.92 bits per heavy atom. The first kappa shape index (κ1) is 26.6. The van der Waals surface area contributed by atoms with E-state index < -0.39 is 27.6 Å². The number of nitrogen functional groups attached to an aromatic ring is 1. The van der Waals surface area contributed by atoms with E-state index in [0.717, 1.165) is 4.31 Å². The number of rotatable bonds is 8. The van der Waals surface area contributed by atoms with Crippen molar-refractivity contribution in [2.24, 2.45) is 0 Å². The smallest absolute Gasteiger partial charge is 0.424 e. The number of carbonyl (C=O) groups is 2. The van der Waals surface area contributed by atoms with Gasteiger partial charge in [-0.15, -0.1) is 0 Å². The Bertz CT molecular complexity index is 1350. The number of nitrogens with two attached hydrogens (primary N) is 1. The molecule has 0 spiro atoms. The normalized spacial score (nSPS) is 11.7. The second kappa shape index (κ2) is 10.7. The van der Waals surface area contributed by atoms with Crippen LogP contribution in [0, 0.1) is 0 Å². The largest absolute Gasteiger partial charge is 0.443 e. The molecule has 36 heavy (non-hydrogen) atoms. The van der Waals surface area contributed by atoms with Gasteiger partial charge in [-0.05, 0) is 44.9 Å². The molecule has 12 nitrogen and oxygen atoms in total. The number of anilines is 2. The fraction of sp³-hybridized carbons (Fsp3) is 0.348. The van der Waals surface area contributed by atoms with E-state index in [4.69, 9.17) is 10.5 Å². The van der Waals surface area contributed by atoms with Gasteiger partial charge in [0.25, 0.3) is 15.9 Å². The van der Waals surface area contributed by atoms with Gasteiger partial charge < -0.3 is 15.8 Å². The molecule has 0 bridgehead atoms. The minimum Gasteiger partial charge on any atom is -0.443 e. The molecular formula is C23H29N7O5S. The third-order valence-corrected chi connectivity index (χ3v) is 6.45. The maximum Gasteiger partial charge on any atom is 0.424 e. The Labute approximate surface area is 209 Å². The highest BCUT2D eigenvalue weighted by Crippen LogP contribution is 2.21. The van der Waals surface area contributed by atoms with E-state index in [0.29, 0.717) is 17.7 Å². The molecule has 0 saturated heterocycles. The first-order valence-corrected chi connectivity index (χ1v) is 12.6. The van der Waals surface area contributed by atoms with Crippen LogP contribution in [0.2, 0.25) is 0 Å². The average Bonchev–Trinajstić information content (AvgIpc) is 3.23. The number of benzene rings is 1. The zero-order valence-corrected chi connectivity index (χ0v) is 21.3. The van der Waals surface area contributed by atoms with Gasteiger partial charge in [-0.3, -0.25) is 9.48 Å². The molecule has 0 saturated carbocycles. The van der Waals surface area contributed by atoms with Gasteiger partial charge in [0.1, 0.15) is 5.60 Å². The standard InChI is InChI=1S/C23H29N7O5S/c1-5-11-30(22(32)35-23(2,3)4)36(33,34)18-8-6-7-16(12-18)14-29-15-17(13-27-29)28-21(31)19-20(24)26-10-9-25-19/h6-10,12-13,15H,5,11,14H2,1-4H3,(H2,24,26)(H,28,31). The topological polar surface area (TPSA) is 162 Å². The van der Waals surface area contributed by atoms with Crippen LogP contribution in [0.15, 0.2) is 53.9 Å². The van der Waals surface area contributed by atoms with Crippen LogP contribution in [0.3, 0.4) is 0 Å². The van der Waals surface area contributed by atoms with Crippen LogP contribution in [-0.2, 0) is 21.3 Å². The molecule has 2 aromatic heterocycles. The zero-order chi connectivity index (χ0) is 26.5. The highest BCUT2D eigenvalue weighted by atomic mass is 32.2. The molecule has 13 heteroatoms. The summed E-state index contributed by atoms with van der Waals surface area (Å²) in [6, 6.07) is 6.22. The Kier molecular flexibility index (Phi) is 7.93. The second-order valence-corrected chi connectivity index (χ2v) is 10.7. The molecule has 0 aliphatic rings. The number of hydrogen-bond donors (Lipinski definition) is 2. The van der Waals surface area contributed by atoms with Crippen LogP contribution < -0.4 is 11.1 Å². The van der Waals surface area contributed by atoms with Gasteiger partial charge in [0.2, 0.25) is 0 Å². The lowest BCUT2D eigenvalue weighted by Gasteiger charge is -2.26. The predicted molar refractivity (Wildman–Crippen MR) is 133 cm³/mol. The van der Waals surface area contributed by atoms with Gasteiger partial charge in [0.05, 0.1) is 23.3 Å². The molecule has 1 aromatic carbocycles. The van der Waals surface area contributed by atoms with Crippen LogP contribution in [0.4, 0.5) is 16.3 Å². The lowest BCUT2D eigenvalue weighted by Crippen LogP contribution is -2.41. The van der Waals surface area contributed by atoms with E-state index in [1.807, 2.05) is 0 Å². The van der Waals surface area contributed by atoms with Crippen LogP contribution in [0.5, 0.6) is 0 Å². The lowest BCUT2D eigenvalue weighted by atomic mass is 10.2. The highest BCUT2D eigenvalue weighted by Gasteiger charge is 2.32. The number of nitrogens with zero attached hydrogens (tertiary/aromatic N) is 5. The zero-order valence-electron chi connectivity index (χ0n) is 20.5. The van der Waals surface area contributed by atoms with E-state index in [2.05, 4.69) is 20.4 Å². The number of aromatic nitrogens is 4. The monoisotopic (exact) mass is 515 g/mol. The Balaban J connectivity index is 1.77. The van der Waals surface area contributed by atoms with Crippen molar-refractivity contribution in [1.82, 2.24) is 24.1 Å². The summed E-state index contributed by atoms with van der Waals surface area (Å²) in [7, 11) is -4.15. The van der Waals surface area contributed by atoms with E-state index in [1.54, 1.807) is 46.0 Å². The van der Waals surface area contributed by atoms with Gasteiger partial charge in [-0.25, -0.2) is 27.5 Å². The predicted octanol–water partition coefficient (Wildman–Crippen LogP) is 2.89. The molecule has 0 atom stereocenters. The maximum absolute atomic E-state index is 13.3. The summed E-state index contributed by atoms with van der Waals surface area (Å²) in [6.45, 7) is 6.99. The lowest BCUT2D eigenvalue weighted by molar-refractivity contribution is 0.0391. The summed E-state index contributed by atoms with van der Waals surface area (Å²) in [5.41, 5.74) is 5.85. The van der Waals surface area contributed by atoms with Gasteiger partial charge in [0.15, 0.2) is 11.5 Å². The van der Waals surface area contributed by atoms with Crippen molar-refractivity contribution < 1.29 is 22.7 Å². The molecular weight excluding hydrogens is 486 g/mol. The first-order chi connectivity index (χ1) is 16.9. The van der Waals surface area contributed by atoms with Gasteiger partial charge >= 0.3 is 6.09 Å². The van der Waals surface area contributed by atoms with Crippen LogP contribution in [-0.4, -0.2) is 56.6 Å². The van der Waals surface area contributed by atoms with Crippen molar-refractivity contribution in [3.63, 3.8) is 0 Å². The minimum absolute atomic E-state index is 0.00362. The number of carbonyl (C=O) groups excluding carboxylic acids is 2. The molecule has 2 amide bonds. The summed E-state index contributed by atoms with van der Waals surface area (Å²) in [5, 5.41) is 6.85. The fourth-order valence-electron chi connectivity index (χ4n) is 3.17. The average molecular weight is 516 g/mol. The summed E-state index contributed by atoms with van der Waals surface area (Å²) >= 11 is 0. The Morgan fingerprint density at radius 3 is 2.58 bits per heavy atom. The van der Waals surface area contributed by atoms with Gasteiger partial charge in [0, 0.05) is 25.1 Å². The quantitative estimate of drug-likeness (QED) is 0.459. The maximum atomic E-state index is 13.3. The molecule has 3 N–H and O–H groups in total. The van der Waals surface area contributed by atoms with Gasteiger partial charge in [-0.2, -0.15) is 5.10 Å². The van der Waals surface area contributed by atoms with Crippen molar-refractivity contribution >= 4 is 33.5 Å². The fourth-order valence-corrected chi connectivity index (χ4v) is 4.63. The molecule has 0 aliphatic heterocycles. The number of hydrogen-bond acceptors (Lipinski definition) is 9. The summed E-state index contributed by atoms with van der Waals surface area (Å²) in [6.07, 6.45) is 5.27. The summed E-state index contributed by atoms with van der Waals surface area (Å²) in [5.74, 6) is -0.532. The SMILES string of the molecule is CCCN(C(=O)OC(C)(C)C)S(=O)(=O)c1cccc(Cn2cc(NC(=O)c3nccnc3N)cn2)c1. The van der Waals surface area contributed by atoms with Crippen LogP contribution in [0.1, 0.15) is 50.2 Å². The molecule has 0 aliphatic carbocycles. The van der Waals surface area contributed by atoms with Crippen molar-refractivity contribution in [1.29, 1.82) is 0 Å². The van der Waals surface area contributed by atoms with E-state index >= 15 is 0 Å². The molecule has 3 aromatic rings. The Hall–Kier alpha value is -4.00. The van der Waals surface area contributed by atoms with Crippen LogP contribution >= 0.6 is 0 Å². The van der Waals surface area contributed by atoms with Crippen LogP contribution in [0.25, 0.3) is 0 Å². The molecule has 192 valence electrons. The van der Waals surface area contributed by atoms with Crippen molar-refractivity contribution in [2.45, 2.75) is 51.2 Å². The Morgan fingerprint density at radius 1 is 1.19 bits per heavy atom. The van der Waals surface area contributed by atoms with E-state index in [1.165, 1.54) is 35.4 Å². The van der Waals surface area contributed by atoms with Crippen molar-refractivity contribution in [2.75, 3.05) is 17.6 Å². The molecule has 0 fully saturated rings. The summed E-state index contributed by atoms with van der Waals surface area (Å²) in [4.78, 5) is 32.7. The third kappa shape index (κ3) is 6.56. The van der Waals surface area contributed by atoms with Crippen molar-refractivity contribution in [3.05, 3.63) is 60.3 Å². The second-order valence-electron chi connectivity index (χ2n) is 8.88. The molecule has 2 heterocycles. The number of nitrogens with one attached hydrogen (secondary N) is 1. The van der Waals surface area contributed by atoms with Gasteiger partial charge in [-0.1, -0.05) is 19.1 Å². The number of sulfonamides is 1. The number of ether oxygens (including phenoxy) is 1. The summed E-state index contributed by atoms with van der Waals surface area (Å²) < 4.78 is 34.1. The molecule has 0 radical (unpaired) electrons.